The number of carbonyl (C=O) groups is 1. The molecular weight excluding hydrogens is 396 g/mol. The number of nitrogens with zero attached hydrogens (tertiary/aromatic N) is 2. The van der Waals surface area contributed by atoms with Crippen LogP contribution in [0.2, 0.25) is 0 Å². The van der Waals surface area contributed by atoms with Crippen molar-refractivity contribution in [2.24, 2.45) is 0 Å². The van der Waals surface area contributed by atoms with E-state index in [9.17, 15) is 9.59 Å². The van der Waals surface area contributed by atoms with Crippen LogP contribution in [0.4, 0.5) is 0 Å². The summed E-state index contributed by atoms with van der Waals surface area (Å²) < 4.78 is 6.84. The number of rotatable bonds is 7. The predicted octanol–water partition coefficient (Wildman–Crippen LogP) is 4.43. The first kappa shape index (κ1) is 19.9. The summed E-state index contributed by atoms with van der Waals surface area (Å²) in [5, 5.41) is 1.09. The summed E-state index contributed by atoms with van der Waals surface area (Å²) in [4.78, 5) is 30.6. The van der Waals surface area contributed by atoms with E-state index >= 15 is 0 Å². The highest BCUT2D eigenvalue weighted by Gasteiger charge is 2.15. The van der Waals surface area contributed by atoms with Gasteiger partial charge in [0.25, 0.3) is 5.56 Å². The lowest BCUT2D eigenvalue weighted by Gasteiger charge is -2.13. The van der Waals surface area contributed by atoms with Gasteiger partial charge in [-0.25, -0.2) is 4.98 Å². The van der Waals surface area contributed by atoms with Crippen LogP contribution in [0.15, 0.2) is 88.8 Å². The molecule has 6 heteroatoms. The Labute approximate surface area is 178 Å². The van der Waals surface area contributed by atoms with E-state index in [1.807, 2.05) is 48.5 Å². The first-order valence-electron chi connectivity index (χ1n) is 9.49. The van der Waals surface area contributed by atoms with Crippen molar-refractivity contribution in [1.29, 1.82) is 0 Å². The molecule has 0 saturated carbocycles. The Morgan fingerprint density at radius 1 is 1.00 bits per heavy atom. The van der Waals surface area contributed by atoms with E-state index in [1.54, 1.807) is 42.0 Å². The van der Waals surface area contributed by atoms with Gasteiger partial charge in [-0.3, -0.25) is 14.2 Å². The average Bonchev–Trinajstić information content (AvgIpc) is 2.80. The van der Waals surface area contributed by atoms with Gasteiger partial charge in [-0.2, -0.15) is 0 Å². The molecule has 30 heavy (non-hydrogen) atoms. The Morgan fingerprint density at radius 2 is 1.77 bits per heavy atom. The normalized spacial score (nSPS) is 10.8. The van der Waals surface area contributed by atoms with Crippen molar-refractivity contribution in [3.05, 3.63) is 100 Å². The van der Waals surface area contributed by atoms with Crippen LogP contribution in [0.25, 0.3) is 10.9 Å². The zero-order valence-electron chi connectivity index (χ0n) is 16.4. The fourth-order valence-corrected chi connectivity index (χ4v) is 4.07. The number of ether oxygens (including phenoxy) is 1. The van der Waals surface area contributed by atoms with Crippen molar-refractivity contribution in [3.63, 3.8) is 0 Å². The molecule has 0 aliphatic heterocycles. The van der Waals surface area contributed by atoms with E-state index in [2.05, 4.69) is 4.98 Å². The number of hydrogen-bond donors (Lipinski definition) is 0. The second-order valence-electron chi connectivity index (χ2n) is 6.73. The van der Waals surface area contributed by atoms with Crippen LogP contribution >= 0.6 is 11.8 Å². The van der Waals surface area contributed by atoms with Gasteiger partial charge in [-0.15, -0.1) is 0 Å². The van der Waals surface area contributed by atoms with Crippen molar-refractivity contribution in [2.45, 2.75) is 11.7 Å². The van der Waals surface area contributed by atoms with Crippen LogP contribution in [0.5, 0.6) is 5.75 Å². The molecule has 0 radical (unpaired) electrons. The molecule has 4 rings (SSSR count). The number of benzene rings is 3. The lowest BCUT2D eigenvalue weighted by molar-refractivity contribution is 0.102. The highest BCUT2D eigenvalue weighted by atomic mass is 32.2. The van der Waals surface area contributed by atoms with Crippen LogP contribution in [-0.4, -0.2) is 28.2 Å². The second kappa shape index (κ2) is 8.97. The van der Waals surface area contributed by atoms with Gasteiger partial charge in [0.05, 0.1) is 30.3 Å². The molecule has 0 amide bonds. The lowest BCUT2D eigenvalue weighted by Crippen LogP contribution is -2.24. The number of Topliss-reactive ketones (excluding diaryl/α,β-unsaturated/α-hetero) is 1. The maximum Gasteiger partial charge on any atom is 0.262 e. The summed E-state index contributed by atoms with van der Waals surface area (Å²) in [6, 6.07) is 24.1. The van der Waals surface area contributed by atoms with Crippen molar-refractivity contribution in [1.82, 2.24) is 9.55 Å². The van der Waals surface area contributed by atoms with E-state index in [-0.39, 0.29) is 17.1 Å². The SMILES string of the molecule is COc1cccc(C(=O)CSc2nc3ccccc3c(=O)n2Cc2ccccc2)c1. The number of methoxy groups -OCH3 is 1. The first-order chi connectivity index (χ1) is 14.7. The third kappa shape index (κ3) is 4.28. The molecule has 0 N–H and O–H groups in total. The van der Waals surface area contributed by atoms with Crippen LogP contribution in [-0.2, 0) is 6.54 Å². The average molecular weight is 417 g/mol. The van der Waals surface area contributed by atoms with Crippen molar-refractivity contribution in [3.8, 4) is 5.75 Å². The minimum atomic E-state index is -0.110. The summed E-state index contributed by atoms with van der Waals surface area (Å²) in [7, 11) is 1.57. The molecular formula is C24H20N2O3S. The molecule has 0 atom stereocenters. The van der Waals surface area contributed by atoms with Gasteiger partial charge in [0.15, 0.2) is 10.9 Å². The van der Waals surface area contributed by atoms with Gasteiger partial charge in [0.2, 0.25) is 0 Å². The number of ketones is 1. The van der Waals surface area contributed by atoms with Gasteiger partial charge in [0.1, 0.15) is 5.75 Å². The van der Waals surface area contributed by atoms with E-state index in [1.165, 1.54) is 11.8 Å². The predicted molar refractivity (Wildman–Crippen MR) is 120 cm³/mol. The molecule has 5 nitrogen and oxygen atoms in total. The van der Waals surface area contributed by atoms with Crippen molar-refractivity contribution >= 4 is 28.4 Å². The number of carbonyl (C=O) groups excluding carboxylic acids is 1. The Hall–Kier alpha value is -3.38. The Kier molecular flexibility index (Phi) is 5.95. The van der Waals surface area contributed by atoms with Gasteiger partial charge in [-0.1, -0.05) is 66.4 Å². The topological polar surface area (TPSA) is 61.2 Å². The molecule has 3 aromatic carbocycles. The molecule has 0 bridgehead atoms. The molecule has 0 saturated heterocycles. The summed E-state index contributed by atoms with van der Waals surface area (Å²) >= 11 is 1.27. The maximum absolute atomic E-state index is 13.2. The molecule has 0 aliphatic rings. The van der Waals surface area contributed by atoms with Crippen LogP contribution in [0.3, 0.4) is 0 Å². The Balaban J connectivity index is 1.67. The second-order valence-corrected chi connectivity index (χ2v) is 7.67. The summed E-state index contributed by atoms with van der Waals surface area (Å²) in [5.41, 5.74) is 2.08. The maximum atomic E-state index is 13.2. The van der Waals surface area contributed by atoms with E-state index in [0.29, 0.717) is 33.9 Å². The van der Waals surface area contributed by atoms with Crippen molar-refractivity contribution < 1.29 is 9.53 Å². The number of para-hydroxylation sites is 1. The van der Waals surface area contributed by atoms with E-state index in [0.717, 1.165) is 5.56 Å². The largest absolute Gasteiger partial charge is 0.497 e. The van der Waals surface area contributed by atoms with Gasteiger partial charge < -0.3 is 4.74 Å². The molecule has 0 aliphatic carbocycles. The zero-order chi connectivity index (χ0) is 20.9. The molecule has 0 unspecified atom stereocenters. The number of fused-ring (bicyclic) bond motifs is 1. The summed E-state index contributed by atoms with van der Waals surface area (Å²) in [6.45, 7) is 0.396. The monoisotopic (exact) mass is 416 g/mol. The minimum absolute atomic E-state index is 0.0485. The third-order valence-electron chi connectivity index (χ3n) is 4.73. The summed E-state index contributed by atoms with van der Waals surface area (Å²) in [5.74, 6) is 0.760. The minimum Gasteiger partial charge on any atom is -0.497 e. The Morgan fingerprint density at radius 3 is 2.57 bits per heavy atom. The quantitative estimate of drug-likeness (QED) is 0.253. The summed E-state index contributed by atoms with van der Waals surface area (Å²) in [6.07, 6.45) is 0. The standard InChI is InChI=1S/C24H20N2O3S/c1-29-19-11-7-10-18(14-19)22(27)16-30-24-25-21-13-6-5-12-20(21)23(28)26(24)15-17-8-3-2-4-9-17/h2-14H,15-16H2,1H3. The highest BCUT2D eigenvalue weighted by Crippen LogP contribution is 2.21. The Bertz CT molecular complexity index is 1250. The molecule has 4 aromatic rings. The third-order valence-corrected chi connectivity index (χ3v) is 5.71. The fraction of sp³-hybridized carbons (Fsp3) is 0.125. The number of hydrogen-bond acceptors (Lipinski definition) is 5. The van der Waals surface area contributed by atoms with E-state index in [4.69, 9.17) is 4.74 Å². The van der Waals surface area contributed by atoms with Crippen molar-refractivity contribution in [2.75, 3.05) is 12.9 Å². The van der Waals surface area contributed by atoms with Crippen LogP contribution in [0.1, 0.15) is 15.9 Å². The zero-order valence-corrected chi connectivity index (χ0v) is 17.3. The number of aromatic nitrogens is 2. The van der Waals surface area contributed by atoms with E-state index < -0.39 is 0 Å². The molecule has 150 valence electrons. The van der Waals surface area contributed by atoms with Gasteiger partial charge in [-0.05, 0) is 29.8 Å². The fourth-order valence-electron chi connectivity index (χ4n) is 3.17. The molecule has 1 aromatic heterocycles. The first-order valence-corrected chi connectivity index (χ1v) is 10.5. The molecule has 1 heterocycles. The highest BCUT2D eigenvalue weighted by molar-refractivity contribution is 7.99. The number of thioether (sulfide) groups is 1. The van der Waals surface area contributed by atoms with Crippen LogP contribution in [0, 0.1) is 0 Å². The van der Waals surface area contributed by atoms with Gasteiger partial charge >= 0.3 is 0 Å². The smallest absolute Gasteiger partial charge is 0.262 e. The molecule has 0 fully saturated rings. The van der Waals surface area contributed by atoms with Gasteiger partial charge in [0, 0.05) is 5.56 Å². The lowest BCUT2D eigenvalue weighted by atomic mass is 10.1. The van der Waals surface area contributed by atoms with Crippen LogP contribution < -0.4 is 10.3 Å². The molecule has 0 spiro atoms.